The van der Waals surface area contributed by atoms with Gasteiger partial charge in [0.2, 0.25) is 0 Å². The molecule has 0 fully saturated rings. The summed E-state index contributed by atoms with van der Waals surface area (Å²) in [5.74, 6) is -1.18. The normalized spacial score (nSPS) is 10.2. The summed E-state index contributed by atoms with van der Waals surface area (Å²) >= 11 is 0. The van der Waals surface area contributed by atoms with E-state index in [1.54, 1.807) is 6.92 Å². The summed E-state index contributed by atoms with van der Waals surface area (Å²) < 4.78 is 9.48. The molecule has 20 heavy (non-hydrogen) atoms. The fourth-order valence-corrected chi connectivity index (χ4v) is 2.15. The van der Waals surface area contributed by atoms with Gasteiger partial charge in [-0.05, 0) is 12.5 Å². The van der Waals surface area contributed by atoms with E-state index in [0.717, 1.165) is 5.56 Å². The predicted octanol–water partition coefficient (Wildman–Crippen LogP) is 2.56. The molecule has 0 bridgehead atoms. The highest BCUT2D eigenvalue weighted by atomic mass is 16.5. The Labute approximate surface area is 116 Å². The first kappa shape index (κ1) is 13.9. The van der Waals surface area contributed by atoms with Gasteiger partial charge in [-0.15, -0.1) is 0 Å². The summed E-state index contributed by atoms with van der Waals surface area (Å²) in [6.07, 6.45) is 0. The Morgan fingerprint density at radius 3 is 2.15 bits per heavy atom. The number of rotatable bonds is 3. The largest absolute Gasteiger partial charge is 0.465 e. The monoisotopic (exact) mass is 273 g/mol. The van der Waals surface area contributed by atoms with Crippen LogP contribution in [0.25, 0.3) is 11.1 Å². The van der Waals surface area contributed by atoms with E-state index in [-0.39, 0.29) is 11.3 Å². The van der Waals surface area contributed by atoms with Crippen LogP contribution >= 0.6 is 0 Å². The molecule has 0 aliphatic rings. The van der Waals surface area contributed by atoms with Crippen molar-refractivity contribution in [2.75, 3.05) is 14.2 Å². The van der Waals surface area contributed by atoms with Gasteiger partial charge < -0.3 is 14.5 Å². The Morgan fingerprint density at radius 2 is 1.60 bits per heavy atom. The van der Waals surface area contributed by atoms with Crippen LogP contribution in [0.1, 0.15) is 26.5 Å². The van der Waals surface area contributed by atoms with Crippen LogP contribution < -0.4 is 0 Å². The summed E-state index contributed by atoms with van der Waals surface area (Å²) in [6.45, 7) is 1.79. The minimum Gasteiger partial charge on any atom is -0.465 e. The molecule has 1 N–H and O–H groups in total. The lowest BCUT2D eigenvalue weighted by molar-refractivity contribution is 0.0552. The van der Waals surface area contributed by atoms with Crippen LogP contribution in [-0.2, 0) is 9.47 Å². The molecule has 5 heteroatoms. The third-order valence-corrected chi connectivity index (χ3v) is 3.03. The van der Waals surface area contributed by atoms with Gasteiger partial charge in [0.1, 0.15) is 11.3 Å². The summed E-state index contributed by atoms with van der Waals surface area (Å²) in [7, 11) is 2.54. The molecule has 1 heterocycles. The molecule has 0 amide bonds. The Morgan fingerprint density at radius 1 is 1.00 bits per heavy atom. The van der Waals surface area contributed by atoms with Crippen molar-refractivity contribution in [1.82, 2.24) is 4.98 Å². The van der Waals surface area contributed by atoms with E-state index in [0.29, 0.717) is 11.3 Å². The summed E-state index contributed by atoms with van der Waals surface area (Å²) in [4.78, 5) is 26.7. The van der Waals surface area contributed by atoms with E-state index >= 15 is 0 Å². The number of hydrogen-bond acceptors (Lipinski definition) is 4. The number of aromatic amines is 1. The van der Waals surface area contributed by atoms with Crippen molar-refractivity contribution in [2.45, 2.75) is 6.92 Å². The van der Waals surface area contributed by atoms with Gasteiger partial charge in [0.15, 0.2) is 0 Å². The molecule has 104 valence electrons. The first-order valence-electron chi connectivity index (χ1n) is 6.04. The topological polar surface area (TPSA) is 68.4 Å². The molecule has 0 aliphatic carbocycles. The van der Waals surface area contributed by atoms with Gasteiger partial charge in [-0.2, -0.15) is 0 Å². The van der Waals surface area contributed by atoms with Crippen LogP contribution in [0.15, 0.2) is 30.3 Å². The molecule has 1 aromatic carbocycles. The lowest BCUT2D eigenvalue weighted by Crippen LogP contribution is -2.11. The molecular weight excluding hydrogens is 258 g/mol. The third-order valence-electron chi connectivity index (χ3n) is 3.03. The van der Waals surface area contributed by atoms with Gasteiger partial charge in [-0.1, -0.05) is 30.3 Å². The van der Waals surface area contributed by atoms with Crippen LogP contribution in [0.4, 0.5) is 0 Å². The highest BCUT2D eigenvalue weighted by Gasteiger charge is 2.27. The zero-order valence-electron chi connectivity index (χ0n) is 11.5. The fraction of sp³-hybridized carbons (Fsp3) is 0.200. The Balaban J connectivity index is 2.71. The van der Waals surface area contributed by atoms with Gasteiger partial charge in [-0.3, -0.25) is 0 Å². The van der Waals surface area contributed by atoms with Crippen LogP contribution in [-0.4, -0.2) is 31.1 Å². The number of nitrogens with one attached hydrogen (secondary N) is 1. The number of ether oxygens (including phenoxy) is 2. The predicted molar refractivity (Wildman–Crippen MR) is 73.6 cm³/mol. The number of benzene rings is 1. The number of methoxy groups -OCH3 is 2. The highest BCUT2D eigenvalue weighted by molar-refractivity contribution is 6.07. The molecular formula is C15H15NO4. The van der Waals surface area contributed by atoms with E-state index < -0.39 is 11.9 Å². The van der Waals surface area contributed by atoms with Crippen LogP contribution in [0.3, 0.4) is 0 Å². The maximum absolute atomic E-state index is 12.0. The average molecular weight is 273 g/mol. The Hall–Kier alpha value is -2.56. The van der Waals surface area contributed by atoms with Crippen LogP contribution in [0.2, 0.25) is 0 Å². The zero-order chi connectivity index (χ0) is 14.7. The minimum atomic E-state index is -0.601. The number of carbonyl (C=O) groups excluding carboxylic acids is 2. The SMILES string of the molecule is COC(=O)c1[nH]c(C)c(-c2ccccc2)c1C(=O)OC. The summed E-state index contributed by atoms with van der Waals surface area (Å²) in [5, 5.41) is 0. The number of aryl methyl sites for hydroxylation is 1. The van der Waals surface area contributed by atoms with Crippen molar-refractivity contribution in [1.29, 1.82) is 0 Å². The quantitative estimate of drug-likeness (QED) is 0.873. The minimum absolute atomic E-state index is 0.107. The summed E-state index contributed by atoms with van der Waals surface area (Å²) in [6, 6.07) is 9.33. The van der Waals surface area contributed by atoms with Crippen molar-refractivity contribution in [2.24, 2.45) is 0 Å². The molecule has 0 atom stereocenters. The fourth-order valence-electron chi connectivity index (χ4n) is 2.15. The van der Waals surface area contributed by atoms with Gasteiger partial charge in [0.25, 0.3) is 0 Å². The van der Waals surface area contributed by atoms with E-state index in [4.69, 9.17) is 9.47 Å². The second kappa shape index (κ2) is 5.61. The Bertz CT molecular complexity index is 643. The highest BCUT2D eigenvalue weighted by Crippen LogP contribution is 2.30. The van der Waals surface area contributed by atoms with Gasteiger partial charge in [-0.25, -0.2) is 9.59 Å². The van der Waals surface area contributed by atoms with Crippen molar-refractivity contribution >= 4 is 11.9 Å². The van der Waals surface area contributed by atoms with Gasteiger partial charge in [0, 0.05) is 11.3 Å². The van der Waals surface area contributed by atoms with Crippen molar-refractivity contribution < 1.29 is 19.1 Å². The molecule has 2 aromatic rings. The number of H-pyrrole nitrogens is 1. The maximum atomic E-state index is 12.0. The molecule has 5 nitrogen and oxygen atoms in total. The molecule has 0 aliphatic heterocycles. The first-order chi connectivity index (χ1) is 9.60. The molecule has 0 spiro atoms. The first-order valence-corrected chi connectivity index (χ1v) is 6.04. The van der Waals surface area contributed by atoms with Gasteiger partial charge in [0.05, 0.1) is 14.2 Å². The molecule has 0 unspecified atom stereocenters. The number of carbonyl (C=O) groups is 2. The standard InChI is InChI=1S/C15H15NO4/c1-9-11(10-7-5-4-6-8-10)12(14(17)19-2)13(16-9)15(18)20-3/h4-8,16H,1-3H3. The second-order valence-electron chi connectivity index (χ2n) is 4.22. The molecule has 0 radical (unpaired) electrons. The van der Waals surface area contributed by atoms with E-state index in [1.165, 1.54) is 14.2 Å². The third kappa shape index (κ3) is 2.30. The van der Waals surface area contributed by atoms with E-state index in [9.17, 15) is 9.59 Å². The zero-order valence-corrected chi connectivity index (χ0v) is 11.5. The van der Waals surface area contributed by atoms with Crippen molar-refractivity contribution in [3.05, 3.63) is 47.3 Å². The number of esters is 2. The van der Waals surface area contributed by atoms with Gasteiger partial charge >= 0.3 is 11.9 Å². The Kier molecular flexibility index (Phi) is 3.89. The van der Waals surface area contributed by atoms with E-state index in [1.807, 2.05) is 30.3 Å². The maximum Gasteiger partial charge on any atom is 0.355 e. The number of aromatic nitrogens is 1. The molecule has 0 saturated carbocycles. The molecule has 1 aromatic heterocycles. The lowest BCUT2D eigenvalue weighted by Gasteiger charge is -2.05. The van der Waals surface area contributed by atoms with Crippen molar-refractivity contribution in [3.8, 4) is 11.1 Å². The van der Waals surface area contributed by atoms with Crippen LogP contribution in [0, 0.1) is 6.92 Å². The molecule has 2 rings (SSSR count). The smallest absolute Gasteiger partial charge is 0.355 e. The summed E-state index contributed by atoms with van der Waals surface area (Å²) in [5.41, 5.74) is 2.49. The van der Waals surface area contributed by atoms with Crippen LogP contribution in [0.5, 0.6) is 0 Å². The lowest BCUT2D eigenvalue weighted by atomic mass is 10.0. The second-order valence-corrected chi connectivity index (χ2v) is 4.22. The average Bonchev–Trinajstić information content (AvgIpc) is 2.84. The number of hydrogen-bond donors (Lipinski definition) is 1. The van der Waals surface area contributed by atoms with E-state index in [2.05, 4.69) is 4.98 Å². The molecule has 0 saturated heterocycles. The van der Waals surface area contributed by atoms with Crippen molar-refractivity contribution in [3.63, 3.8) is 0 Å².